The van der Waals surface area contributed by atoms with Crippen molar-refractivity contribution in [3.63, 3.8) is 0 Å². The van der Waals surface area contributed by atoms with Gasteiger partial charge in [-0.25, -0.2) is 8.42 Å². The number of nitrogens with one attached hydrogen (secondary N) is 1. The van der Waals surface area contributed by atoms with Crippen molar-refractivity contribution in [2.24, 2.45) is 0 Å². The first-order valence-corrected chi connectivity index (χ1v) is 10.6. The van der Waals surface area contributed by atoms with Crippen LogP contribution in [0.2, 0.25) is 0 Å². The van der Waals surface area contributed by atoms with Crippen LogP contribution in [-0.4, -0.2) is 14.3 Å². The Kier molecular flexibility index (Phi) is 4.17. The molecule has 2 aromatic carbocycles. The highest BCUT2D eigenvalue weighted by Gasteiger charge is 2.34. The number of fused-ring (bicyclic) bond motifs is 1. The molecule has 0 saturated heterocycles. The second-order valence-electron chi connectivity index (χ2n) is 6.37. The van der Waals surface area contributed by atoms with Crippen LogP contribution >= 0.6 is 11.3 Å². The molecule has 1 aliphatic heterocycles. The fourth-order valence-electron chi connectivity index (χ4n) is 3.27. The zero-order chi connectivity index (χ0) is 18.3. The molecule has 2 heterocycles. The largest absolute Gasteiger partial charge is 0.324 e. The summed E-state index contributed by atoms with van der Waals surface area (Å²) in [5.41, 5.74) is 2.33. The average molecular weight is 383 g/mol. The summed E-state index contributed by atoms with van der Waals surface area (Å²) in [4.78, 5) is 13.6. The van der Waals surface area contributed by atoms with E-state index in [0.29, 0.717) is 12.1 Å². The van der Waals surface area contributed by atoms with Crippen molar-refractivity contribution in [1.82, 2.24) is 0 Å². The van der Waals surface area contributed by atoms with Crippen LogP contribution in [0.25, 0.3) is 0 Å². The summed E-state index contributed by atoms with van der Waals surface area (Å²) in [6, 6.07) is 16.6. The maximum absolute atomic E-state index is 13.1. The molecular weight excluding hydrogens is 366 g/mol. The Morgan fingerprint density at radius 2 is 1.85 bits per heavy atom. The molecule has 1 aliphatic rings. The summed E-state index contributed by atoms with van der Waals surface area (Å²) < 4.78 is 26.2. The van der Waals surface area contributed by atoms with E-state index >= 15 is 0 Å². The molecule has 3 aromatic rings. The molecule has 0 fully saturated rings. The van der Waals surface area contributed by atoms with Gasteiger partial charge in [0.25, 0.3) is 0 Å². The molecule has 0 aliphatic carbocycles. The van der Waals surface area contributed by atoms with E-state index in [2.05, 4.69) is 5.32 Å². The summed E-state index contributed by atoms with van der Waals surface area (Å²) in [5.74, 6) is -0.281. The Bertz CT molecular complexity index is 1090. The van der Waals surface area contributed by atoms with E-state index in [0.717, 1.165) is 16.0 Å². The first-order chi connectivity index (χ1) is 12.5. The number of thiophene rings is 1. The van der Waals surface area contributed by atoms with Gasteiger partial charge in [-0.15, -0.1) is 11.3 Å². The highest BCUT2D eigenvalue weighted by atomic mass is 32.2. The number of benzene rings is 2. The second-order valence-corrected chi connectivity index (χ2v) is 9.20. The maximum Gasteiger partial charge on any atom is 0.225 e. The van der Waals surface area contributed by atoms with Gasteiger partial charge in [-0.2, -0.15) is 0 Å². The van der Waals surface area contributed by atoms with E-state index < -0.39 is 9.84 Å². The lowest BCUT2D eigenvalue weighted by Gasteiger charge is -2.23. The van der Waals surface area contributed by atoms with Gasteiger partial charge in [0.05, 0.1) is 10.6 Å². The van der Waals surface area contributed by atoms with Crippen molar-refractivity contribution in [2.45, 2.75) is 29.1 Å². The second kappa shape index (κ2) is 6.37. The number of carbonyl (C=O) groups excluding carboxylic acids is 1. The number of aryl methyl sites for hydroxylation is 1. The number of hydrogen-bond acceptors (Lipinski definition) is 4. The van der Waals surface area contributed by atoms with Crippen LogP contribution in [0.1, 0.15) is 28.3 Å². The predicted molar refractivity (Wildman–Crippen MR) is 102 cm³/mol. The van der Waals surface area contributed by atoms with Crippen LogP contribution in [0.4, 0.5) is 5.69 Å². The zero-order valence-corrected chi connectivity index (χ0v) is 15.7. The molecule has 132 valence electrons. The van der Waals surface area contributed by atoms with E-state index in [-0.39, 0.29) is 21.6 Å². The van der Waals surface area contributed by atoms with Crippen LogP contribution in [-0.2, 0) is 14.6 Å². The highest BCUT2D eigenvalue weighted by Crippen LogP contribution is 2.45. The lowest BCUT2D eigenvalue weighted by atomic mass is 9.91. The van der Waals surface area contributed by atoms with Crippen molar-refractivity contribution in [3.8, 4) is 0 Å². The summed E-state index contributed by atoms with van der Waals surface area (Å²) >= 11 is 1.39. The van der Waals surface area contributed by atoms with Crippen LogP contribution < -0.4 is 5.32 Å². The van der Waals surface area contributed by atoms with Gasteiger partial charge in [0.1, 0.15) is 4.90 Å². The number of anilines is 1. The Labute approximate surface area is 156 Å². The van der Waals surface area contributed by atoms with Crippen LogP contribution in [0, 0.1) is 6.92 Å². The van der Waals surface area contributed by atoms with Crippen molar-refractivity contribution in [1.29, 1.82) is 0 Å². The third-order valence-corrected chi connectivity index (χ3v) is 7.57. The monoisotopic (exact) mass is 383 g/mol. The third kappa shape index (κ3) is 2.85. The average Bonchev–Trinajstić information content (AvgIpc) is 3.06. The molecule has 6 heteroatoms. The molecule has 1 atom stereocenters. The Balaban J connectivity index is 1.85. The molecule has 0 radical (unpaired) electrons. The van der Waals surface area contributed by atoms with Gasteiger partial charge in [0.2, 0.25) is 15.7 Å². The smallest absolute Gasteiger partial charge is 0.225 e. The topological polar surface area (TPSA) is 63.2 Å². The van der Waals surface area contributed by atoms with E-state index in [1.807, 2.05) is 43.3 Å². The minimum Gasteiger partial charge on any atom is -0.324 e. The normalized spacial score (nSPS) is 16.8. The first-order valence-electron chi connectivity index (χ1n) is 8.25. The standard InChI is InChI=1S/C20H17NO3S2/c1-13-6-5-9-15(10-13)26(23,24)17-12-25-20-16(11-18(22)21-19(17)20)14-7-3-2-4-8-14/h2-10,12,16H,11H2,1H3,(H,21,22). The molecule has 4 rings (SSSR count). The molecule has 0 bridgehead atoms. The van der Waals surface area contributed by atoms with E-state index in [1.54, 1.807) is 23.6 Å². The van der Waals surface area contributed by atoms with Gasteiger partial charge < -0.3 is 5.32 Å². The number of hydrogen-bond donors (Lipinski definition) is 1. The zero-order valence-electron chi connectivity index (χ0n) is 14.1. The Morgan fingerprint density at radius 3 is 2.58 bits per heavy atom. The Morgan fingerprint density at radius 1 is 1.08 bits per heavy atom. The molecule has 1 N–H and O–H groups in total. The fraction of sp³-hybridized carbons (Fsp3) is 0.150. The van der Waals surface area contributed by atoms with E-state index in [9.17, 15) is 13.2 Å². The lowest BCUT2D eigenvalue weighted by molar-refractivity contribution is -0.116. The van der Waals surface area contributed by atoms with E-state index in [1.165, 1.54) is 11.3 Å². The van der Waals surface area contributed by atoms with Crippen molar-refractivity contribution in [2.75, 3.05) is 5.32 Å². The number of rotatable bonds is 3. The minimum absolute atomic E-state index is 0.119. The molecule has 26 heavy (non-hydrogen) atoms. The molecule has 1 amide bonds. The summed E-state index contributed by atoms with van der Waals surface area (Å²) in [5, 5.41) is 4.43. The van der Waals surface area contributed by atoms with Gasteiger partial charge in [-0.3, -0.25) is 4.79 Å². The van der Waals surface area contributed by atoms with Gasteiger partial charge in [-0.05, 0) is 30.2 Å². The summed E-state index contributed by atoms with van der Waals surface area (Å²) in [6.07, 6.45) is 0.321. The number of carbonyl (C=O) groups is 1. The Hall–Kier alpha value is -2.44. The molecule has 4 nitrogen and oxygen atoms in total. The predicted octanol–water partition coefficient (Wildman–Crippen LogP) is 4.36. The fourth-order valence-corrected chi connectivity index (χ4v) is 6.28. The van der Waals surface area contributed by atoms with Crippen LogP contribution in [0.3, 0.4) is 0 Å². The van der Waals surface area contributed by atoms with Crippen LogP contribution in [0.5, 0.6) is 0 Å². The molecule has 1 unspecified atom stereocenters. The number of sulfone groups is 1. The number of amides is 1. The molecule has 0 saturated carbocycles. The third-order valence-electron chi connectivity index (χ3n) is 4.55. The molecule has 0 spiro atoms. The summed E-state index contributed by atoms with van der Waals surface area (Å²) in [7, 11) is -3.69. The minimum atomic E-state index is -3.69. The van der Waals surface area contributed by atoms with Crippen molar-refractivity contribution in [3.05, 3.63) is 76.0 Å². The van der Waals surface area contributed by atoms with Gasteiger partial charge >= 0.3 is 0 Å². The SMILES string of the molecule is Cc1cccc(S(=O)(=O)c2csc3c2NC(=O)CC3c2ccccc2)c1. The van der Waals surface area contributed by atoms with Gasteiger partial charge in [0.15, 0.2) is 0 Å². The van der Waals surface area contributed by atoms with Gasteiger partial charge in [0, 0.05) is 22.6 Å². The van der Waals surface area contributed by atoms with Crippen LogP contribution in [0.15, 0.2) is 69.8 Å². The first kappa shape index (κ1) is 17.0. The highest BCUT2D eigenvalue weighted by molar-refractivity contribution is 7.91. The van der Waals surface area contributed by atoms with Crippen molar-refractivity contribution < 1.29 is 13.2 Å². The van der Waals surface area contributed by atoms with Gasteiger partial charge in [-0.1, -0.05) is 42.5 Å². The summed E-state index contributed by atoms with van der Waals surface area (Å²) in [6.45, 7) is 1.86. The maximum atomic E-state index is 13.1. The molecule has 1 aromatic heterocycles. The lowest BCUT2D eigenvalue weighted by Crippen LogP contribution is -2.23. The molecular formula is C20H17NO3S2. The van der Waals surface area contributed by atoms with Crippen molar-refractivity contribution >= 4 is 32.8 Å². The van der Waals surface area contributed by atoms with E-state index in [4.69, 9.17) is 0 Å². The quantitative estimate of drug-likeness (QED) is 0.731.